The van der Waals surface area contributed by atoms with Gasteiger partial charge >= 0.3 is 0 Å². The number of nitrogen functional groups attached to an aromatic ring is 1. The standard InChI is InChI=1S/C15H14ClNO3/c16-11-4-2-1-3-10(11)9-20-13-8-15-14(7-12(13)17)18-5-6-19-15/h1-4,7-8H,5-6,9,17H2. The molecule has 0 aromatic heterocycles. The predicted octanol–water partition coefficient (Wildman–Crippen LogP) is 3.27. The Hall–Kier alpha value is -2.07. The fourth-order valence-corrected chi connectivity index (χ4v) is 2.17. The second-order valence-electron chi connectivity index (χ2n) is 4.41. The molecule has 0 spiro atoms. The zero-order chi connectivity index (χ0) is 13.9. The van der Waals surface area contributed by atoms with Crippen LogP contribution in [0.3, 0.4) is 0 Å². The van der Waals surface area contributed by atoms with Crippen molar-refractivity contribution in [2.45, 2.75) is 6.61 Å². The molecule has 5 heteroatoms. The molecule has 0 fully saturated rings. The van der Waals surface area contributed by atoms with Crippen molar-refractivity contribution >= 4 is 17.3 Å². The zero-order valence-electron chi connectivity index (χ0n) is 10.8. The fraction of sp³-hybridized carbons (Fsp3) is 0.200. The third-order valence-electron chi connectivity index (χ3n) is 3.02. The Morgan fingerprint density at radius 2 is 1.80 bits per heavy atom. The van der Waals surface area contributed by atoms with Gasteiger partial charge in [-0.3, -0.25) is 0 Å². The van der Waals surface area contributed by atoms with Crippen LogP contribution in [0.1, 0.15) is 5.56 Å². The molecule has 1 aliphatic heterocycles. The lowest BCUT2D eigenvalue weighted by Gasteiger charge is -2.20. The molecule has 0 radical (unpaired) electrons. The Morgan fingerprint density at radius 1 is 1.10 bits per heavy atom. The minimum Gasteiger partial charge on any atom is -0.487 e. The molecule has 2 N–H and O–H groups in total. The van der Waals surface area contributed by atoms with E-state index in [2.05, 4.69) is 0 Å². The highest BCUT2D eigenvalue weighted by atomic mass is 35.5. The lowest BCUT2D eigenvalue weighted by Crippen LogP contribution is -2.15. The van der Waals surface area contributed by atoms with E-state index in [9.17, 15) is 0 Å². The summed E-state index contributed by atoms with van der Waals surface area (Å²) in [6, 6.07) is 11.0. The van der Waals surface area contributed by atoms with Crippen molar-refractivity contribution in [2.24, 2.45) is 0 Å². The zero-order valence-corrected chi connectivity index (χ0v) is 11.5. The van der Waals surface area contributed by atoms with Crippen LogP contribution in [0.25, 0.3) is 0 Å². The van der Waals surface area contributed by atoms with Gasteiger partial charge in [0, 0.05) is 22.7 Å². The number of fused-ring (bicyclic) bond motifs is 1. The molecular formula is C15H14ClNO3. The number of hydrogen-bond donors (Lipinski definition) is 1. The fourth-order valence-electron chi connectivity index (χ4n) is 1.98. The molecule has 1 aliphatic rings. The van der Waals surface area contributed by atoms with Crippen LogP contribution >= 0.6 is 11.6 Å². The van der Waals surface area contributed by atoms with E-state index in [1.165, 1.54) is 0 Å². The first-order valence-electron chi connectivity index (χ1n) is 6.29. The summed E-state index contributed by atoms with van der Waals surface area (Å²) in [4.78, 5) is 0. The van der Waals surface area contributed by atoms with Crippen LogP contribution in [0, 0.1) is 0 Å². The summed E-state index contributed by atoms with van der Waals surface area (Å²) < 4.78 is 16.7. The monoisotopic (exact) mass is 291 g/mol. The third-order valence-corrected chi connectivity index (χ3v) is 3.38. The predicted molar refractivity (Wildman–Crippen MR) is 77.6 cm³/mol. The lowest BCUT2D eigenvalue weighted by molar-refractivity contribution is 0.170. The van der Waals surface area contributed by atoms with E-state index < -0.39 is 0 Å². The molecular weight excluding hydrogens is 278 g/mol. The molecule has 3 rings (SSSR count). The van der Waals surface area contributed by atoms with Gasteiger partial charge in [-0.25, -0.2) is 0 Å². The summed E-state index contributed by atoms with van der Waals surface area (Å²) in [5.74, 6) is 1.87. The van der Waals surface area contributed by atoms with E-state index in [4.69, 9.17) is 31.5 Å². The average Bonchev–Trinajstić information content (AvgIpc) is 2.46. The molecule has 0 amide bonds. The van der Waals surface area contributed by atoms with Crippen LogP contribution in [0.5, 0.6) is 17.2 Å². The van der Waals surface area contributed by atoms with Gasteiger partial charge in [-0.05, 0) is 6.07 Å². The van der Waals surface area contributed by atoms with Crippen LogP contribution in [0.2, 0.25) is 5.02 Å². The molecule has 0 saturated carbocycles. The van der Waals surface area contributed by atoms with E-state index in [1.54, 1.807) is 12.1 Å². The van der Waals surface area contributed by atoms with Crippen molar-refractivity contribution in [3.63, 3.8) is 0 Å². The Morgan fingerprint density at radius 3 is 2.55 bits per heavy atom. The highest BCUT2D eigenvalue weighted by Gasteiger charge is 2.15. The van der Waals surface area contributed by atoms with Crippen LogP contribution in [-0.4, -0.2) is 13.2 Å². The number of rotatable bonds is 3. The largest absolute Gasteiger partial charge is 0.487 e. The average molecular weight is 292 g/mol. The molecule has 0 bridgehead atoms. The van der Waals surface area contributed by atoms with Gasteiger partial charge in [0.25, 0.3) is 0 Å². The van der Waals surface area contributed by atoms with Crippen molar-refractivity contribution in [1.82, 2.24) is 0 Å². The Bertz CT molecular complexity index is 631. The molecule has 104 valence electrons. The Balaban J connectivity index is 1.79. The summed E-state index contributed by atoms with van der Waals surface area (Å²) in [7, 11) is 0. The minimum atomic E-state index is 0.351. The second-order valence-corrected chi connectivity index (χ2v) is 4.82. The first-order valence-corrected chi connectivity index (χ1v) is 6.67. The van der Waals surface area contributed by atoms with Gasteiger partial charge in [-0.15, -0.1) is 0 Å². The third kappa shape index (κ3) is 2.60. The number of anilines is 1. The van der Waals surface area contributed by atoms with Crippen molar-refractivity contribution in [3.8, 4) is 17.2 Å². The van der Waals surface area contributed by atoms with Crippen molar-refractivity contribution in [1.29, 1.82) is 0 Å². The number of halogens is 1. The number of benzene rings is 2. The van der Waals surface area contributed by atoms with Gasteiger partial charge in [-0.1, -0.05) is 29.8 Å². The van der Waals surface area contributed by atoms with Crippen LogP contribution in [-0.2, 0) is 6.61 Å². The van der Waals surface area contributed by atoms with E-state index in [1.807, 2.05) is 24.3 Å². The van der Waals surface area contributed by atoms with E-state index in [0.29, 0.717) is 47.8 Å². The molecule has 2 aromatic carbocycles. The molecule has 0 aliphatic carbocycles. The van der Waals surface area contributed by atoms with Crippen LogP contribution in [0.15, 0.2) is 36.4 Å². The molecule has 0 unspecified atom stereocenters. The van der Waals surface area contributed by atoms with Gasteiger partial charge in [0.05, 0.1) is 5.69 Å². The van der Waals surface area contributed by atoms with Crippen LogP contribution in [0.4, 0.5) is 5.69 Å². The normalized spacial score (nSPS) is 13.1. The molecule has 0 atom stereocenters. The molecule has 4 nitrogen and oxygen atoms in total. The number of hydrogen-bond acceptors (Lipinski definition) is 4. The summed E-state index contributed by atoms with van der Waals surface area (Å²) in [6.45, 7) is 1.41. The van der Waals surface area contributed by atoms with Crippen molar-refractivity contribution in [3.05, 3.63) is 47.0 Å². The van der Waals surface area contributed by atoms with Gasteiger partial charge in [0.15, 0.2) is 11.5 Å². The highest BCUT2D eigenvalue weighted by molar-refractivity contribution is 6.31. The van der Waals surface area contributed by atoms with E-state index in [-0.39, 0.29) is 0 Å². The summed E-state index contributed by atoms with van der Waals surface area (Å²) in [5.41, 5.74) is 7.37. The lowest BCUT2D eigenvalue weighted by atomic mass is 10.2. The van der Waals surface area contributed by atoms with Gasteiger partial charge in [-0.2, -0.15) is 0 Å². The quantitative estimate of drug-likeness (QED) is 0.882. The van der Waals surface area contributed by atoms with E-state index in [0.717, 1.165) is 5.56 Å². The number of ether oxygens (including phenoxy) is 3. The molecule has 0 saturated heterocycles. The smallest absolute Gasteiger partial charge is 0.165 e. The Kier molecular flexibility index (Phi) is 3.56. The van der Waals surface area contributed by atoms with Gasteiger partial charge < -0.3 is 19.9 Å². The maximum absolute atomic E-state index is 6.09. The Labute approximate surface area is 122 Å². The second kappa shape index (κ2) is 5.51. The van der Waals surface area contributed by atoms with Gasteiger partial charge in [0.2, 0.25) is 0 Å². The van der Waals surface area contributed by atoms with Crippen molar-refractivity contribution in [2.75, 3.05) is 18.9 Å². The summed E-state index contributed by atoms with van der Waals surface area (Å²) >= 11 is 6.09. The molecule has 2 aromatic rings. The number of nitrogens with two attached hydrogens (primary N) is 1. The topological polar surface area (TPSA) is 53.7 Å². The van der Waals surface area contributed by atoms with Crippen LogP contribution < -0.4 is 19.9 Å². The van der Waals surface area contributed by atoms with Gasteiger partial charge in [0.1, 0.15) is 25.6 Å². The SMILES string of the molecule is Nc1cc2c(cc1OCc1ccccc1Cl)OCCO2. The summed E-state index contributed by atoms with van der Waals surface area (Å²) in [6.07, 6.45) is 0. The minimum absolute atomic E-state index is 0.351. The van der Waals surface area contributed by atoms with Crippen molar-refractivity contribution < 1.29 is 14.2 Å². The molecule has 20 heavy (non-hydrogen) atoms. The first kappa shape index (κ1) is 12.9. The summed E-state index contributed by atoms with van der Waals surface area (Å²) in [5, 5.41) is 0.670. The molecule has 1 heterocycles. The van der Waals surface area contributed by atoms with E-state index >= 15 is 0 Å². The highest BCUT2D eigenvalue weighted by Crippen LogP contribution is 2.38. The maximum atomic E-state index is 6.09. The first-order chi connectivity index (χ1) is 9.74. The maximum Gasteiger partial charge on any atom is 0.165 e.